The molecule has 0 heterocycles. The molecule has 0 amide bonds. The summed E-state index contributed by atoms with van der Waals surface area (Å²) in [6.07, 6.45) is 2.90. The molecule has 0 N–H and O–H groups in total. The molecule has 0 radical (unpaired) electrons. The van der Waals surface area contributed by atoms with Crippen LogP contribution in [-0.2, 0) is 28.5 Å². The highest BCUT2D eigenvalue weighted by Crippen LogP contribution is 1.90. The van der Waals surface area contributed by atoms with E-state index in [-0.39, 0.29) is 12.7 Å². The van der Waals surface area contributed by atoms with Gasteiger partial charge in [0.2, 0.25) is 0 Å². The summed E-state index contributed by atoms with van der Waals surface area (Å²) in [5.41, 5.74) is 0. The van der Waals surface area contributed by atoms with Gasteiger partial charge in [0.1, 0.15) is 6.61 Å². The summed E-state index contributed by atoms with van der Waals surface area (Å²) >= 11 is 0. The second kappa shape index (κ2) is 15.2. The van der Waals surface area contributed by atoms with Gasteiger partial charge in [-0.2, -0.15) is 0 Å². The molecule has 1 atom stereocenters. The first kappa shape index (κ1) is 19.8. The first-order valence-corrected chi connectivity index (χ1v) is 6.97. The molecule has 0 spiro atoms. The SMILES string of the molecule is C=CC(=O)OCCOCCOCCOCCOC(C)C=C. The molecule has 0 aliphatic heterocycles. The van der Waals surface area contributed by atoms with E-state index in [2.05, 4.69) is 13.2 Å². The zero-order valence-electron chi connectivity index (χ0n) is 12.8. The van der Waals surface area contributed by atoms with E-state index in [1.165, 1.54) is 0 Å². The van der Waals surface area contributed by atoms with E-state index < -0.39 is 5.97 Å². The number of hydrogen-bond acceptors (Lipinski definition) is 6. The summed E-state index contributed by atoms with van der Waals surface area (Å²) < 4.78 is 25.9. The topological polar surface area (TPSA) is 63.2 Å². The Morgan fingerprint density at radius 3 is 1.86 bits per heavy atom. The van der Waals surface area contributed by atoms with E-state index in [0.29, 0.717) is 46.2 Å². The monoisotopic (exact) mass is 302 g/mol. The van der Waals surface area contributed by atoms with Crippen LogP contribution in [0.15, 0.2) is 25.3 Å². The van der Waals surface area contributed by atoms with Gasteiger partial charge in [0.05, 0.1) is 52.4 Å². The standard InChI is InChI=1S/C15H26O6/c1-4-14(3)20-12-10-18-8-6-17-7-9-19-11-13-21-15(16)5-2/h4-5,14H,1-2,6-13H2,3H3. The molecule has 6 heteroatoms. The number of hydrogen-bond donors (Lipinski definition) is 0. The molecule has 0 aliphatic rings. The number of ether oxygens (including phenoxy) is 5. The van der Waals surface area contributed by atoms with Gasteiger partial charge in [-0.1, -0.05) is 12.7 Å². The summed E-state index contributed by atoms with van der Waals surface area (Å²) in [6, 6.07) is 0. The van der Waals surface area contributed by atoms with Gasteiger partial charge in [-0.05, 0) is 6.92 Å². The van der Waals surface area contributed by atoms with E-state index >= 15 is 0 Å². The molecule has 0 aromatic rings. The summed E-state index contributed by atoms with van der Waals surface area (Å²) in [7, 11) is 0. The van der Waals surface area contributed by atoms with Crippen LogP contribution in [-0.4, -0.2) is 64.9 Å². The normalized spacial score (nSPS) is 11.9. The summed E-state index contributed by atoms with van der Waals surface area (Å²) in [4.78, 5) is 10.7. The average Bonchev–Trinajstić information content (AvgIpc) is 2.51. The summed E-state index contributed by atoms with van der Waals surface area (Å²) in [5.74, 6) is -0.446. The second-order valence-electron chi connectivity index (χ2n) is 4.02. The van der Waals surface area contributed by atoms with Crippen LogP contribution in [0, 0.1) is 0 Å². The van der Waals surface area contributed by atoms with E-state index in [9.17, 15) is 4.79 Å². The first-order chi connectivity index (χ1) is 10.2. The highest BCUT2D eigenvalue weighted by molar-refractivity contribution is 5.81. The molecule has 0 saturated carbocycles. The molecule has 0 aromatic carbocycles. The fourth-order valence-electron chi connectivity index (χ4n) is 1.16. The third kappa shape index (κ3) is 15.0. The second-order valence-corrected chi connectivity index (χ2v) is 4.02. The van der Waals surface area contributed by atoms with Gasteiger partial charge < -0.3 is 23.7 Å². The average molecular weight is 302 g/mol. The maximum atomic E-state index is 10.7. The van der Waals surface area contributed by atoms with E-state index in [1.54, 1.807) is 6.08 Å². The molecule has 0 bridgehead atoms. The predicted octanol–water partition coefficient (Wildman–Crippen LogP) is 1.36. The van der Waals surface area contributed by atoms with Crippen LogP contribution < -0.4 is 0 Å². The van der Waals surface area contributed by atoms with Crippen LogP contribution in [0.4, 0.5) is 0 Å². The molecule has 0 saturated heterocycles. The van der Waals surface area contributed by atoms with Crippen LogP contribution in [0.2, 0.25) is 0 Å². The highest BCUT2D eigenvalue weighted by Gasteiger charge is 1.96. The van der Waals surface area contributed by atoms with Crippen molar-refractivity contribution in [1.29, 1.82) is 0 Å². The third-order valence-electron chi connectivity index (χ3n) is 2.32. The fourth-order valence-corrected chi connectivity index (χ4v) is 1.16. The van der Waals surface area contributed by atoms with Crippen molar-refractivity contribution in [3.05, 3.63) is 25.3 Å². The Morgan fingerprint density at radius 1 is 0.905 bits per heavy atom. The van der Waals surface area contributed by atoms with Gasteiger partial charge in [-0.15, -0.1) is 6.58 Å². The number of rotatable bonds is 15. The first-order valence-electron chi connectivity index (χ1n) is 6.97. The third-order valence-corrected chi connectivity index (χ3v) is 2.32. The minimum absolute atomic E-state index is 0.0488. The van der Waals surface area contributed by atoms with Gasteiger partial charge in [0.25, 0.3) is 0 Å². The molecule has 6 nitrogen and oxygen atoms in total. The van der Waals surface area contributed by atoms with Gasteiger partial charge in [-0.3, -0.25) is 0 Å². The number of carbonyl (C=O) groups is 1. The van der Waals surface area contributed by atoms with Gasteiger partial charge in [0, 0.05) is 6.08 Å². The van der Waals surface area contributed by atoms with Crippen molar-refractivity contribution < 1.29 is 28.5 Å². The minimum atomic E-state index is -0.446. The Morgan fingerprint density at radius 2 is 1.38 bits per heavy atom. The summed E-state index contributed by atoms with van der Waals surface area (Å²) in [5, 5.41) is 0. The molecule has 122 valence electrons. The van der Waals surface area contributed by atoms with Crippen molar-refractivity contribution in [3.8, 4) is 0 Å². The van der Waals surface area contributed by atoms with E-state index in [0.717, 1.165) is 6.08 Å². The zero-order chi connectivity index (χ0) is 15.8. The predicted molar refractivity (Wildman–Crippen MR) is 79.2 cm³/mol. The van der Waals surface area contributed by atoms with Crippen LogP contribution in [0.3, 0.4) is 0 Å². The lowest BCUT2D eigenvalue weighted by Gasteiger charge is -2.09. The minimum Gasteiger partial charge on any atom is -0.460 e. The summed E-state index contributed by atoms with van der Waals surface area (Å²) in [6.45, 7) is 12.4. The highest BCUT2D eigenvalue weighted by atomic mass is 16.6. The van der Waals surface area contributed by atoms with Crippen molar-refractivity contribution in [2.45, 2.75) is 13.0 Å². The Kier molecular flexibility index (Phi) is 14.3. The zero-order valence-corrected chi connectivity index (χ0v) is 12.8. The molecule has 0 aliphatic carbocycles. The van der Waals surface area contributed by atoms with Crippen molar-refractivity contribution in [2.75, 3.05) is 52.9 Å². The molecule has 0 aromatic heterocycles. The number of carbonyl (C=O) groups excluding carboxylic acids is 1. The maximum Gasteiger partial charge on any atom is 0.330 e. The van der Waals surface area contributed by atoms with Crippen LogP contribution in [0.25, 0.3) is 0 Å². The quantitative estimate of drug-likeness (QED) is 0.197. The smallest absolute Gasteiger partial charge is 0.330 e. The fraction of sp³-hybridized carbons (Fsp3) is 0.667. The Labute approximate surface area is 126 Å². The Bertz CT molecular complexity index is 279. The molecular formula is C15H26O6. The molecule has 0 rings (SSSR count). The van der Waals surface area contributed by atoms with Crippen molar-refractivity contribution in [3.63, 3.8) is 0 Å². The molecule has 0 fully saturated rings. The van der Waals surface area contributed by atoms with Crippen molar-refractivity contribution in [1.82, 2.24) is 0 Å². The van der Waals surface area contributed by atoms with Gasteiger partial charge in [0.15, 0.2) is 0 Å². The largest absolute Gasteiger partial charge is 0.460 e. The van der Waals surface area contributed by atoms with E-state index in [4.69, 9.17) is 23.7 Å². The van der Waals surface area contributed by atoms with Crippen molar-refractivity contribution in [2.24, 2.45) is 0 Å². The molecule has 21 heavy (non-hydrogen) atoms. The van der Waals surface area contributed by atoms with Gasteiger partial charge >= 0.3 is 5.97 Å². The maximum absolute atomic E-state index is 10.7. The lowest BCUT2D eigenvalue weighted by Crippen LogP contribution is -2.15. The van der Waals surface area contributed by atoms with Crippen LogP contribution in [0.5, 0.6) is 0 Å². The van der Waals surface area contributed by atoms with Crippen LogP contribution >= 0.6 is 0 Å². The lowest BCUT2D eigenvalue weighted by atomic mass is 10.4. The van der Waals surface area contributed by atoms with Gasteiger partial charge in [-0.25, -0.2) is 4.79 Å². The van der Waals surface area contributed by atoms with Crippen LogP contribution in [0.1, 0.15) is 6.92 Å². The van der Waals surface area contributed by atoms with Crippen molar-refractivity contribution >= 4 is 5.97 Å². The number of esters is 1. The molecule has 1 unspecified atom stereocenters. The van der Waals surface area contributed by atoms with E-state index in [1.807, 2.05) is 6.92 Å². The Hall–Kier alpha value is -1.21. The molecular weight excluding hydrogens is 276 g/mol. The lowest BCUT2D eigenvalue weighted by molar-refractivity contribution is -0.139. The Balaban J connectivity index is 3.07.